The Bertz CT molecular complexity index is 601. The van der Waals surface area contributed by atoms with E-state index in [0.717, 1.165) is 5.69 Å². The Morgan fingerprint density at radius 3 is 2.42 bits per heavy atom. The quantitative estimate of drug-likeness (QED) is 0.725. The van der Waals surface area contributed by atoms with Crippen molar-refractivity contribution in [2.45, 2.75) is 6.42 Å². The van der Waals surface area contributed by atoms with E-state index in [2.05, 4.69) is 4.90 Å². The van der Waals surface area contributed by atoms with Crippen molar-refractivity contribution in [3.8, 4) is 0 Å². The zero-order valence-electron chi connectivity index (χ0n) is 13.0. The number of ether oxygens (including phenoxy) is 1. The van der Waals surface area contributed by atoms with Crippen molar-refractivity contribution in [3.05, 3.63) is 41.2 Å². The fourth-order valence-corrected chi connectivity index (χ4v) is 2.69. The van der Waals surface area contributed by atoms with Crippen LogP contribution in [0.15, 0.2) is 36.2 Å². The van der Waals surface area contributed by atoms with Gasteiger partial charge in [-0.05, 0) is 12.1 Å². The Hall–Kier alpha value is -1.73. The first kappa shape index (κ1) is 18.6. The topological polar surface area (TPSA) is 32.8 Å². The molecule has 4 nitrogen and oxygen atoms in total. The van der Waals surface area contributed by atoms with Gasteiger partial charge in [0, 0.05) is 32.6 Å². The van der Waals surface area contributed by atoms with Crippen LogP contribution in [0, 0.1) is 0 Å². The number of esters is 1. The average Bonchev–Trinajstić information content (AvgIpc) is 2.56. The fourth-order valence-electron chi connectivity index (χ4n) is 2.43. The molecule has 0 bridgehead atoms. The number of halogens is 4. The third kappa shape index (κ3) is 5.42. The molecule has 1 aliphatic heterocycles. The molecule has 1 fully saturated rings. The second kappa shape index (κ2) is 8.94. The molecule has 0 amide bonds. The van der Waals surface area contributed by atoms with E-state index in [-0.39, 0.29) is 13.2 Å². The molecule has 0 unspecified atom stereocenters. The summed E-state index contributed by atoms with van der Waals surface area (Å²) in [5, 5.41) is 0.681. The molecule has 24 heavy (non-hydrogen) atoms. The first-order valence-electron chi connectivity index (χ1n) is 7.54. The van der Waals surface area contributed by atoms with Gasteiger partial charge < -0.3 is 9.64 Å². The zero-order valence-corrected chi connectivity index (χ0v) is 13.7. The lowest BCUT2D eigenvalue weighted by molar-refractivity contribution is -0.145. The summed E-state index contributed by atoms with van der Waals surface area (Å²) in [7, 11) is 0. The normalized spacial score (nSPS) is 15.2. The highest BCUT2D eigenvalue weighted by Crippen LogP contribution is 2.25. The van der Waals surface area contributed by atoms with Gasteiger partial charge in [0.15, 0.2) is 5.83 Å². The third-order valence-corrected chi connectivity index (χ3v) is 4.03. The van der Waals surface area contributed by atoms with Crippen molar-refractivity contribution in [1.82, 2.24) is 4.90 Å². The van der Waals surface area contributed by atoms with E-state index in [4.69, 9.17) is 16.3 Å². The van der Waals surface area contributed by atoms with Crippen LogP contribution in [0.25, 0.3) is 0 Å². The molecular weight excluding hydrogens is 345 g/mol. The molecule has 0 radical (unpaired) electrons. The first-order chi connectivity index (χ1) is 11.5. The smallest absolute Gasteiger partial charge is 0.320 e. The van der Waals surface area contributed by atoms with Gasteiger partial charge in [0.25, 0.3) is 0 Å². The van der Waals surface area contributed by atoms with E-state index in [0.29, 0.717) is 31.2 Å². The summed E-state index contributed by atoms with van der Waals surface area (Å²) in [6, 6.07) is 7.55. The van der Waals surface area contributed by atoms with Crippen molar-refractivity contribution < 1.29 is 22.7 Å². The van der Waals surface area contributed by atoms with Crippen molar-refractivity contribution in [2.75, 3.05) is 44.2 Å². The van der Waals surface area contributed by atoms with E-state index in [1.807, 2.05) is 29.2 Å². The minimum absolute atomic E-state index is 0.0554. The predicted molar refractivity (Wildman–Crippen MR) is 86.0 cm³/mol. The van der Waals surface area contributed by atoms with Crippen LogP contribution in [0.2, 0.25) is 5.02 Å². The van der Waals surface area contributed by atoms with Gasteiger partial charge in [-0.3, -0.25) is 9.69 Å². The SMILES string of the molecule is O=C(CN1CCN(c2ccccc2Cl)CC1)OCCC(F)=C(F)F. The highest BCUT2D eigenvalue weighted by Gasteiger charge is 2.21. The fraction of sp³-hybridized carbons (Fsp3) is 0.438. The summed E-state index contributed by atoms with van der Waals surface area (Å²) in [5.74, 6) is -2.09. The van der Waals surface area contributed by atoms with Crippen LogP contribution in [0.5, 0.6) is 0 Å². The lowest BCUT2D eigenvalue weighted by atomic mass is 10.2. The van der Waals surface area contributed by atoms with Crippen LogP contribution in [-0.2, 0) is 9.53 Å². The van der Waals surface area contributed by atoms with E-state index in [1.54, 1.807) is 0 Å². The molecule has 0 aliphatic carbocycles. The van der Waals surface area contributed by atoms with Crippen LogP contribution in [0.3, 0.4) is 0 Å². The number of nitrogens with zero attached hydrogens (tertiary/aromatic N) is 2. The number of para-hydroxylation sites is 1. The number of carbonyl (C=O) groups is 1. The van der Waals surface area contributed by atoms with Crippen LogP contribution < -0.4 is 4.90 Å². The average molecular weight is 363 g/mol. The number of anilines is 1. The van der Waals surface area contributed by atoms with Crippen LogP contribution in [0.4, 0.5) is 18.9 Å². The molecule has 132 valence electrons. The van der Waals surface area contributed by atoms with Crippen molar-refractivity contribution >= 4 is 23.3 Å². The summed E-state index contributed by atoms with van der Waals surface area (Å²) in [6.07, 6.45) is -2.98. The van der Waals surface area contributed by atoms with Gasteiger partial charge in [-0.25, -0.2) is 4.39 Å². The molecule has 0 N–H and O–H groups in total. The maximum Gasteiger partial charge on any atom is 0.320 e. The molecule has 1 aromatic rings. The Kier molecular flexibility index (Phi) is 6.93. The van der Waals surface area contributed by atoms with Crippen LogP contribution in [0.1, 0.15) is 6.42 Å². The molecular formula is C16H18ClF3N2O2. The number of rotatable bonds is 6. The Morgan fingerprint density at radius 2 is 1.79 bits per heavy atom. The molecule has 0 spiro atoms. The van der Waals surface area contributed by atoms with Gasteiger partial charge in [0.1, 0.15) is 0 Å². The second-order valence-electron chi connectivity index (χ2n) is 5.35. The van der Waals surface area contributed by atoms with E-state index >= 15 is 0 Å². The van der Waals surface area contributed by atoms with E-state index < -0.39 is 24.3 Å². The van der Waals surface area contributed by atoms with Gasteiger partial charge in [0.2, 0.25) is 0 Å². The largest absolute Gasteiger partial charge is 0.464 e. The summed E-state index contributed by atoms with van der Waals surface area (Å²) in [6.45, 7) is 2.38. The maximum atomic E-state index is 12.6. The molecule has 1 aliphatic rings. The minimum atomic E-state index is -2.37. The number of carbonyl (C=O) groups excluding carboxylic acids is 1. The number of piperazine rings is 1. The number of hydrogen-bond donors (Lipinski definition) is 0. The van der Waals surface area contributed by atoms with Gasteiger partial charge in [-0.2, -0.15) is 8.78 Å². The summed E-state index contributed by atoms with van der Waals surface area (Å²) >= 11 is 6.17. The van der Waals surface area contributed by atoms with E-state index in [1.165, 1.54) is 0 Å². The lowest BCUT2D eigenvalue weighted by Crippen LogP contribution is -2.48. The summed E-state index contributed by atoms with van der Waals surface area (Å²) < 4.78 is 41.1. The second-order valence-corrected chi connectivity index (χ2v) is 5.76. The Morgan fingerprint density at radius 1 is 1.12 bits per heavy atom. The minimum Gasteiger partial charge on any atom is -0.464 e. The predicted octanol–water partition coefficient (Wildman–Crippen LogP) is 3.47. The van der Waals surface area contributed by atoms with Crippen LogP contribution >= 0.6 is 11.6 Å². The standard InChI is InChI=1S/C16H18ClF3N2O2/c17-12-3-1-2-4-14(12)22-8-6-21(7-9-22)11-15(23)24-10-5-13(18)16(19)20/h1-4H,5-11H2. The maximum absolute atomic E-state index is 12.6. The van der Waals surface area contributed by atoms with E-state index in [9.17, 15) is 18.0 Å². The molecule has 8 heteroatoms. The molecule has 1 saturated heterocycles. The number of benzene rings is 1. The zero-order chi connectivity index (χ0) is 17.5. The van der Waals surface area contributed by atoms with Crippen molar-refractivity contribution in [3.63, 3.8) is 0 Å². The molecule has 2 rings (SSSR count). The molecule has 0 saturated carbocycles. The number of hydrogen-bond acceptors (Lipinski definition) is 4. The van der Waals surface area contributed by atoms with Gasteiger partial charge in [-0.1, -0.05) is 23.7 Å². The van der Waals surface area contributed by atoms with Crippen molar-refractivity contribution in [2.24, 2.45) is 0 Å². The summed E-state index contributed by atoms with van der Waals surface area (Å²) in [5.41, 5.74) is 0.955. The Labute approximate surface area is 143 Å². The van der Waals surface area contributed by atoms with Crippen LogP contribution in [-0.4, -0.2) is 50.2 Å². The first-order valence-corrected chi connectivity index (χ1v) is 7.92. The van der Waals surface area contributed by atoms with Gasteiger partial charge >= 0.3 is 12.0 Å². The molecule has 1 heterocycles. The van der Waals surface area contributed by atoms with Crippen molar-refractivity contribution in [1.29, 1.82) is 0 Å². The lowest BCUT2D eigenvalue weighted by Gasteiger charge is -2.35. The third-order valence-electron chi connectivity index (χ3n) is 3.71. The van der Waals surface area contributed by atoms with Gasteiger partial charge in [-0.15, -0.1) is 0 Å². The molecule has 1 aromatic carbocycles. The molecule has 0 aromatic heterocycles. The monoisotopic (exact) mass is 362 g/mol. The van der Waals surface area contributed by atoms with Gasteiger partial charge in [0.05, 0.1) is 23.9 Å². The Balaban J connectivity index is 1.72. The summed E-state index contributed by atoms with van der Waals surface area (Å²) in [4.78, 5) is 15.7. The molecule has 0 atom stereocenters. The highest BCUT2D eigenvalue weighted by molar-refractivity contribution is 6.33. The highest BCUT2D eigenvalue weighted by atomic mass is 35.5.